The Kier molecular flexibility index (Phi) is 6.74. The smallest absolute Gasteiger partial charge is 0.338 e. The van der Waals surface area contributed by atoms with Crippen molar-refractivity contribution in [3.05, 3.63) is 90.0 Å². The number of anilines is 1. The fraction of sp³-hybridized carbons (Fsp3) is 0.174. The van der Waals surface area contributed by atoms with Crippen molar-refractivity contribution in [1.29, 1.82) is 0 Å². The first kappa shape index (κ1) is 21.4. The SMILES string of the molecule is COc1ccc(CCOC(=O)c2ccc(S(=O)(=O)N(C)c3ccccc3)cc2)cc1. The second-order valence-electron chi connectivity index (χ2n) is 6.57. The number of sulfonamides is 1. The van der Waals surface area contributed by atoms with E-state index in [4.69, 9.17) is 9.47 Å². The van der Waals surface area contributed by atoms with Gasteiger partial charge in [-0.05, 0) is 54.1 Å². The molecule has 0 bridgehead atoms. The van der Waals surface area contributed by atoms with Crippen LogP contribution in [0.15, 0.2) is 83.8 Å². The quantitative estimate of drug-likeness (QED) is 0.512. The molecule has 0 N–H and O–H groups in total. The van der Waals surface area contributed by atoms with Crippen LogP contribution in [0.5, 0.6) is 5.75 Å². The Morgan fingerprint density at radius 3 is 2.13 bits per heavy atom. The average Bonchev–Trinajstić information content (AvgIpc) is 2.79. The Bertz CT molecular complexity index is 1080. The second-order valence-corrected chi connectivity index (χ2v) is 8.54. The normalized spacial score (nSPS) is 11.0. The van der Waals surface area contributed by atoms with E-state index in [0.717, 1.165) is 11.3 Å². The van der Waals surface area contributed by atoms with Crippen LogP contribution in [0.25, 0.3) is 0 Å². The molecule has 0 aromatic heterocycles. The minimum absolute atomic E-state index is 0.101. The third kappa shape index (κ3) is 4.99. The van der Waals surface area contributed by atoms with Crippen molar-refractivity contribution in [3.8, 4) is 5.75 Å². The number of ether oxygens (including phenoxy) is 2. The highest BCUT2D eigenvalue weighted by Gasteiger charge is 2.21. The Balaban J connectivity index is 1.60. The predicted molar refractivity (Wildman–Crippen MR) is 115 cm³/mol. The fourth-order valence-corrected chi connectivity index (χ4v) is 4.03. The summed E-state index contributed by atoms with van der Waals surface area (Å²) in [7, 11) is -0.626. The van der Waals surface area contributed by atoms with Gasteiger partial charge in [-0.15, -0.1) is 0 Å². The summed E-state index contributed by atoms with van der Waals surface area (Å²) in [5.41, 5.74) is 1.87. The average molecular weight is 426 g/mol. The first-order chi connectivity index (χ1) is 14.4. The molecule has 0 heterocycles. The number of hydrogen-bond donors (Lipinski definition) is 0. The van der Waals surface area contributed by atoms with Gasteiger partial charge in [0, 0.05) is 13.5 Å². The van der Waals surface area contributed by atoms with Crippen LogP contribution >= 0.6 is 0 Å². The zero-order valence-electron chi connectivity index (χ0n) is 16.8. The van der Waals surface area contributed by atoms with Crippen molar-refractivity contribution >= 4 is 21.7 Å². The van der Waals surface area contributed by atoms with Crippen LogP contribution in [0.4, 0.5) is 5.69 Å². The Hall–Kier alpha value is -3.32. The zero-order valence-corrected chi connectivity index (χ0v) is 17.6. The van der Waals surface area contributed by atoms with Crippen molar-refractivity contribution in [2.45, 2.75) is 11.3 Å². The highest BCUT2D eigenvalue weighted by molar-refractivity contribution is 7.92. The van der Waals surface area contributed by atoms with Crippen LogP contribution in [0, 0.1) is 0 Å². The van der Waals surface area contributed by atoms with Gasteiger partial charge >= 0.3 is 5.97 Å². The molecule has 3 aromatic rings. The lowest BCUT2D eigenvalue weighted by atomic mass is 10.1. The maximum absolute atomic E-state index is 12.8. The molecule has 3 rings (SSSR count). The van der Waals surface area contributed by atoms with Gasteiger partial charge in [0.1, 0.15) is 5.75 Å². The van der Waals surface area contributed by atoms with Crippen LogP contribution in [0.1, 0.15) is 15.9 Å². The molecule has 0 aliphatic heterocycles. The summed E-state index contributed by atoms with van der Waals surface area (Å²) in [6.45, 7) is 0.224. The molecular weight excluding hydrogens is 402 g/mol. The molecule has 0 radical (unpaired) electrons. The lowest BCUT2D eigenvalue weighted by molar-refractivity contribution is 0.0509. The van der Waals surface area contributed by atoms with Crippen LogP contribution < -0.4 is 9.04 Å². The third-order valence-corrected chi connectivity index (χ3v) is 6.45. The summed E-state index contributed by atoms with van der Waals surface area (Å²) in [5, 5.41) is 0. The molecule has 30 heavy (non-hydrogen) atoms. The van der Waals surface area contributed by atoms with Crippen LogP contribution in [-0.2, 0) is 21.2 Å². The number of rotatable bonds is 8. The summed E-state index contributed by atoms with van der Waals surface area (Å²) >= 11 is 0. The highest BCUT2D eigenvalue weighted by atomic mass is 32.2. The molecular formula is C23H23NO5S. The van der Waals surface area contributed by atoms with Crippen LogP contribution in [0.3, 0.4) is 0 Å². The van der Waals surface area contributed by atoms with E-state index >= 15 is 0 Å². The van der Waals surface area contributed by atoms with E-state index in [2.05, 4.69) is 0 Å². The maximum atomic E-state index is 12.8. The van der Waals surface area contributed by atoms with Crippen molar-refractivity contribution in [1.82, 2.24) is 0 Å². The molecule has 0 atom stereocenters. The standard InChI is InChI=1S/C23H23NO5S/c1-24(20-6-4-3-5-7-20)30(26,27)22-14-10-19(11-15-22)23(25)29-17-16-18-8-12-21(28-2)13-9-18/h3-15H,16-17H2,1-2H3. The fourth-order valence-electron chi connectivity index (χ4n) is 2.83. The van der Waals surface area contributed by atoms with Gasteiger partial charge in [0.2, 0.25) is 0 Å². The molecule has 0 saturated heterocycles. The van der Waals surface area contributed by atoms with Gasteiger partial charge in [-0.25, -0.2) is 13.2 Å². The van der Waals surface area contributed by atoms with Crippen LogP contribution in [0.2, 0.25) is 0 Å². The monoisotopic (exact) mass is 425 g/mol. The van der Waals surface area contributed by atoms with Gasteiger partial charge in [-0.3, -0.25) is 4.31 Å². The van der Waals surface area contributed by atoms with Gasteiger partial charge in [-0.1, -0.05) is 30.3 Å². The molecule has 7 heteroatoms. The maximum Gasteiger partial charge on any atom is 0.338 e. The van der Waals surface area contributed by atoms with Crippen molar-refractivity contribution in [2.75, 3.05) is 25.1 Å². The number of benzene rings is 3. The van der Waals surface area contributed by atoms with E-state index in [1.807, 2.05) is 30.3 Å². The van der Waals surface area contributed by atoms with E-state index in [1.165, 1.54) is 35.6 Å². The first-order valence-corrected chi connectivity index (χ1v) is 10.8. The number of carbonyl (C=O) groups excluding carboxylic acids is 1. The molecule has 0 unspecified atom stereocenters. The number of hydrogen-bond acceptors (Lipinski definition) is 5. The van der Waals surface area contributed by atoms with E-state index in [0.29, 0.717) is 17.7 Å². The van der Waals surface area contributed by atoms with E-state index in [-0.39, 0.29) is 11.5 Å². The predicted octanol–water partition coefficient (Wildman–Crippen LogP) is 3.92. The summed E-state index contributed by atoms with van der Waals surface area (Å²) in [5.74, 6) is 0.271. The number of methoxy groups -OCH3 is 1. The lowest BCUT2D eigenvalue weighted by Crippen LogP contribution is -2.26. The first-order valence-electron chi connectivity index (χ1n) is 9.36. The minimum atomic E-state index is -3.72. The molecule has 0 aliphatic carbocycles. The van der Waals surface area contributed by atoms with E-state index in [1.54, 1.807) is 31.4 Å². The van der Waals surface area contributed by atoms with E-state index in [9.17, 15) is 13.2 Å². The summed E-state index contributed by atoms with van der Waals surface area (Å²) in [4.78, 5) is 12.4. The molecule has 156 valence electrons. The molecule has 0 aliphatic rings. The molecule has 0 saturated carbocycles. The largest absolute Gasteiger partial charge is 0.497 e. The Morgan fingerprint density at radius 2 is 1.53 bits per heavy atom. The Labute approximate surface area is 176 Å². The molecule has 6 nitrogen and oxygen atoms in total. The topological polar surface area (TPSA) is 72.9 Å². The molecule has 0 spiro atoms. The third-order valence-electron chi connectivity index (χ3n) is 4.65. The number of esters is 1. The van der Waals surface area contributed by atoms with Gasteiger partial charge in [0.25, 0.3) is 10.0 Å². The summed E-state index contributed by atoms with van der Waals surface area (Å²) in [6, 6.07) is 22.1. The van der Waals surface area contributed by atoms with E-state index < -0.39 is 16.0 Å². The lowest BCUT2D eigenvalue weighted by Gasteiger charge is -2.19. The molecule has 0 amide bonds. The number of carbonyl (C=O) groups is 1. The summed E-state index contributed by atoms with van der Waals surface area (Å²) in [6.07, 6.45) is 0.573. The highest BCUT2D eigenvalue weighted by Crippen LogP contribution is 2.22. The van der Waals surface area contributed by atoms with Crippen molar-refractivity contribution in [3.63, 3.8) is 0 Å². The minimum Gasteiger partial charge on any atom is -0.497 e. The Morgan fingerprint density at radius 1 is 0.900 bits per heavy atom. The molecule has 3 aromatic carbocycles. The van der Waals surface area contributed by atoms with Crippen molar-refractivity contribution in [2.24, 2.45) is 0 Å². The van der Waals surface area contributed by atoms with Gasteiger partial charge in [-0.2, -0.15) is 0 Å². The van der Waals surface area contributed by atoms with Gasteiger partial charge in [0.15, 0.2) is 0 Å². The van der Waals surface area contributed by atoms with Gasteiger partial charge < -0.3 is 9.47 Å². The van der Waals surface area contributed by atoms with Crippen LogP contribution in [-0.4, -0.2) is 35.2 Å². The van der Waals surface area contributed by atoms with Gasteiger partial charge in [0.05, 0.1) is 29.9 Å². The van der Waals surface area contributed by atoms with Crippen molar-refractivity contribution < 1.29 is 22.7 Å². The number of para-hydroxylation sites is 1. The zero-order chi connectivity index (χ0) is 21.6. The number of nitrogens with zero attached hydrogens (tertiary/aromatic N) is 1. The summed E-state index contributed by atoms with van der Waals surface area (Å²) < 4.78 is 37.2. The molecule has 0 fully saturated rings. The second kappa shape index (κ2) is 9.45.